The molecule has 1 aromatic carbocycles. The van der Waals surface area contributed by atoms with Crippen molar-refractivity contribution in [3.63, 3.8) is 0 Å². The van der Waals surface area contributed by atoms with Gasteiger partial charge in [-0.05, 0) is 30.5 Å². The van der Waals surface area contributed by atoms with Gasteiger partial charge in [0.25, 0.3) is 0 Å². The van der Waals surface area contributed by atoms with Crippen molar-refractivity contribution in [2.24, 2.45) is 0 Å². The zero-order chi connectivity index (χ0) is 12.3. The van der Waals surface area contributed by atoms with Crippen molar-refractivity contribution in [1.29, 1.82) is 0 Å². The van der Waals surface area contributed by atoms with Crippen molar-refractivity contribution in [2.45, 2.75) is 26.4 Å². The molecular weight excluding hydrogens is 208 g/mol. The van der Waals surface area contributed by atoms with Crippen molar-refractivity contribution in [3.05, 3.63) is 28.8 Å². The van der Waals surface area contributed by atoms with Crippen molar-refractivity contribution in [2.75, 3.05) is 7.11 Å². The highest BCUT2D eigenvalue weighted by Gasteiger charge is 2.17. The van der Waals surface area contributed by atoms with Gasteiger partial charge in [-0.2, -0.15) is 0 Å². The van der Waals surface area contributed by atoms with Crippen LogP contribution in [0.5, 0.6) is 5.75 Å². The second kappa shape index (κ2) is 4.99. The van der Waals surface area contributed by atoms with E-state index in [1.54, 1.807) is 26.0 Å². The summed E-state index contributed by atoms with van der Waals surface area (Å²) in [6.45, 7) is 3.57. The van der Waals surface area contributed by atoms with Gasteiger partial charge in [0, 0.05) is 13.5 Å². The standard InChI is InChI=1S/C12H16O4/c1-7-4-9(5-8(2)11(7)13)6-10(16-3)12(14)15/h4-5,10,13H,6H2,1-3H3,(H,14,15). The minimum absolute atomic E-state index is 0.257. The molecule has 0 aliphatic rings. The molecule has 0 saturated heterocycles. The van der Waals surface area contributed by atoms with Crippen molar-refractivity contribution >= 4 is 5.97 Å². The van der Waals surface area contributed by atoms with Crippen LogP contribution in [0.25, 0.3) is 0 Å². The number of aliphatic carboxylic acids is 1. The summed E-state index contributed by atoms with van der Waals surface area (Å²) in [5, 5.41) is 18.4. The largest absolute Gasteiger partial charge is 0.507 e. The maximum absolute atomic E-state index is 10.8. The topological polar surface area (TPSA) is 66.8 Å². The Hall–Kier alpha value is -1.55. The van der Waals surface area contributed by atoms with Gasteiger partial charge in [-0.25, -0.2) is 4.79 Å². The number of aryl methyl sites for hydroxylation is 2. The first-order chi connectivity index (χ1) is 7.45. The number of phenols is 1. The lowest BCUT2D eigenvalue weighted by Crippen LogP contribution is -2.24. The van der Waals surface area contributed by atoms with E-state index in [0.29, 0.717) is 6.42 Å². The van der Waals surface area contributed by atoms with E-state index in [0.717, 1.165) is 16.7 Å². The zero-order valence-corrected chi connectivity index (χ0v) is 9.65. The van der Waals surface area contributed by atoms with Crippen LogP contribution in [0.4, 0.5) is 0 Å². The average Bonchev–Trinajstić information content (AvgIpc) is 2.21. The third-order valence-corrected chi connectivity index (χ3v) is 2.53. The second-order valence-electron chi connectivity index (χ2n) is 3.84. The summed E-state index contributed by atoms with van der Waals surface area (Å²) >= 11 is 0. The molecule has 1 aromatic rings. The number of hydrogen-bond acceptors (Lipinski definition) is 3. The fraction of sp³-hybridized carbons (Fsp3) is 0.417. The third kappa shape index (κ3) is 2.73. The molecule has 0 spiro atoms. The molecule has 1 rings (SSSR count). The van der Waals surface area contributed by atoms with Gasteiger partial charge in [-0.1, -0.05) is 12.1 Å². The molecule has 0 amide bonds. The smallest absolute Gasteiger partial charge is 0.333 e. The van der Waals surface area contributed by atoms with Gasteiger partial charge in [-0.15, -0.1) is 0 Å². The molecule has 2 N–H and O–H groups in total. The van der Waals surface area contributed by atoms with Gasteiger partial charge in [0.05, 0.1) is 0 Å². The van der Waals surface area contributed by atoms with E-state index in [4.69, 9.17) is 9.84 Å². The number of hydrogen-bond donors (Lipinski definition) is 2. The van der Waals surface area contributed by atoms with Gasteiger partial charge in [-0.3, -0.25) is 0 Å². The van der Waals surface area contributed by atoms with Gasteiger partial charge < -0.3 is 14.9 Å². The van der Waals surface area contributed by atoms with Crippen LogP contribution in [0.2, 0.25) is 0 Å². The van der Waals surface area contributed by atoms with E-state index < -0.39 is 12.1 Å². The number of methoxy groups -OCH3 is 1. The van der Waals surface area contributed by atoms with Crippen LogP contribution in [0.1, 0.15) is 16.7 Å². The lowest BCUT2D eigenvalue weighted by Gasteiger charge is -2.12. The predicted octanol–water partition coefficient (Wildman–Crippen LogP) is 1.65. The molecule has 0 bridgehead atoms. The first-order valence-electron chi connectivity index (χ1n) is 5.00. The number of carboxylic acids is 1. The number of ether oxygens (including phenoxy) is 1. The Bertz CT molecular complexity index is 375. The van der Waals surface area contributed by atoms with Crippen molar-refractivity contribution in [1.82, 2.24) is 0 Å². The maximum Gasteiger partial charge on any atom is 0.333 e. The molecule has 16 heavy (non-hydrogen) atoms. The van der Waals surface area contributed by atoms with Crippen LogP contribution in [-0.2, 0) is 16.0 Å². The molecule has 1 unspecified atom stereocenters. The summed E-state index contributed by atoms with van der Waals surface area (Å²) in [5.74, 6) is -0.723. The number of phenolic OH excluding ortho intramolecular Hbond substituents is 1. The summed E-state index contributed by atoms with van der Waals surface area (Å²) in [4.78, 5) is 10.8. The molecule has 0 saturated carbocycles. The Morgan fingerprint density at radius 2 is 1.88 bits per heavy atom. The molecular formula is C12H16O4. The lowest BCUT2D eigenvalue weighted by atomic mass is 10.0. The highest BCUT2D eigenvalue weighted by molar-refractivity contribution is 5.72. The first kappa shape index (κ1) is 12.5. The van der Waals surface area contributed by atoms with Gasteiger partial charge in [0.2, 0.25) is 0 Å². The zero-order valence-electron chi connectivity index (χ0n) is 9.65. The van der Waals surface area contributed by atoms with Crippen LogP contribution >= 0.6 is 0 Å². The summed E-state index contributed by atoms with van der Waals surface area (Å²) < 4.78 is 4.86. The molecule has 0 fully saturated rings. The fourth-order valence-corrected chi connectivity index (χ4v) is 1.65. The molecule has 0 aliphatic heterocycles. The van der Waals surface area contributed by atoms with Gasteiger partial charge in [0.15, 0.2) is 6.10 Å². The maximum atomic E-state index is 10.8. The molecule has 0 aliphatic carbocycles. The van der Waals surface area contributed by atoms with E-state index in [2.05, 4.69) is 0 Å². The Morgan fingerprint density at radius 1 is 1.38 bits per heavy atom. The number of benzene rings is 1. The van der Waals surface area contributed by atoms with E-state index in [1.807, 2.05) is 0 Å². The van der Waals surface area contributed by atoms with E-state index in [9.17, 15) is 9.90 Å². The van der Waals surface area contributed by atoms with Crippen LogP contribution in [-0.4, -0.2) is 29.4 Å². The van der Waals surface area contributed by atoms with Crippen LogP contribution in [0.15, 0.2) is 12.1 Å². The summed E-state index contributed by atoms with van der Waals surface area (Å²) in [7, 11) is 1.37. The highest BCUT2D eigenvalue weighted by atomic mass is 16.5. The van der Waals surface area contributed by atoms with E-state index in [1.165, 1.54) is 7.11 Å². The quantitative estimate of drug-likeness (QED) is 0.816. The Kier molecular flexibility index (Phi) is 3.90. The number of aromatic hydroxyl groups is 1. The molecule has 88 valence electrons. The SMILES string of the molecule is COC(Cc1cc(C)c(O)c(C)c1)C(=O)O. The summed E-state index contributed by atoms with van der Waals surface area (Å²) in [6, 6.07) is 3.55. The Balaban J connectivity index is 2.93. The molecule has 0 radical (unpaired) electrons. The van der Waals surface area contributed by atoms with E-state index >= 15 is 0 Å². The lowest BCUT2D eigenvalue weighted by molar-refractivity contribution is -0.148. The minimum Gasteiger partial charge on any atom is -0.507 e. The Morgan fingerprint density at radius 3 is 2.25 bits per heavy atom. The predicted molar refractivity (Wildman–Crippen MR) is 59.7 cm³/mol. The average molecular weight is 224 g/mol. The number of rotatable bonds is 4. The second-order valence-corrected chi connectivity index (χ2v) is 3.84. The highest BCUT2D eigenvalue weighted by Crippen LogP contribution is 2.23. The van der Waals surface area contributed by atoms with E-state index in [-0.39, 0.29) is 5.75 Å². The minimum atomic E-state index is -0.981. The molecule has 0 aromatic heterocycles. The summed E-state index contributed by atoms with van der Waals surface area (Å²) in [5.41, 5.74) is 2.34. The van der Waals surface area contributed by atoms with Gasteiger partial charge in [0.1, 0.15) is 5.75 Å². The Labute approximate surface area is 94.5 Å². The fourth-order valence-electron chi connectivity index (χ4n) is 1.65. The van der Waals surface area contributed by atoms with Crippen LogP contribution < -0.4 is 0 Å². The van der Waals surface area contributed by atoms with Crippen LogP contribution in [0.3, 0.4) is 0 Å². The third-order valence-electron chi connectivity index (χ3n) is 2.53. The molecule has 1 atom stereocenters. The van der Waals surface area contributed by atoms with Crippen LogP contribution in [0, 0.1) is 13.8 Å². The van der Waals surface area contributed by atoms with Crippen molar-refractivity contribution in [3.8, 4) is 5.75 Å². The number of carbonyl (C=O) groups is 1. The molecule has 4 nitrogen and oxygen atoms in total. The monoisotopic (exact) mass is 224 g/mol. The molecule has 0 heterocycles. The van der Waals surface area contributed by atoms with Crippen molar-refractivity contribution < 1.29 is 19.7 Å². The molecule has 4 heteroatoms. The summed E-state index contributed by atoms with van der Waals surface area (Å²) in [6.07, 6.45) is -0.545. The number of carboxylic acid groups (broad SMARTS) is 1. The first-order valence-corrected chi connectivity index (χ1v) is 5.00. The normalized spacial score (nSPS) is 12.4. The van der Waals surface area contributed by atoms with Gasteiger partial charge >= 0.3 is 5.97 Å².